The number of aliphatic hydroxyl groups excluding tert-OH is 1. The highest BCUT2D eigenvalue weighted by molar-refractivity contribution is 7.89. The minimum Gasteiger partial charge on any atom is -0.393 e. The predicted molar refractivity (Wildman–Crippen MR) is 79.3 cm³/mol. The molecule has 0 saturated heterocycles. The summed E-state index contributed by atoms with van der Waals surface area (Å²) in [6.45, 7) is 0.237. The molecule has 1 aliphatic rings. The summed E-state index contributed by atoms with van der Waals surface area (Å²) in [5.74, 6) is -0.0607. The summed E-state index contributed by atoms with van der Waals surface area (Å²) >= 11 is 5.89. The van der Waals surface area contributed by atoms with Crippen LogP contribution in [-0.4, -0.2) is 37.5 Å². The number of sulfonamides is 1. The molecule has 1 aliphatic carbocycles. The lowest BCUT2D eigenvalue weighted by Gasteiger charge is -2.23. The smallest absolute Gasteiger partial charge is 0.244 e. The molecule has 1 N–H and O–H groups in total. The van der Waals surface area contributed by atoms with Crippen LogP contribution in [0.2, 0.25) is 5.02 Å². The van der Waals surface area contributed by atoms with Gasteiger partial charge in [0, 0.05) is 13.6 Å². The Balaban J connectivity index is 2.30. The molecule has 21 heavy (non-hydrogen) atoms. The van der Waals surface area contributed by atoms with Gasteiger partial charge in [0.05, 0.1) is 16.7 Å². The number of hydrogen-bond donors (Lipinski definition) is 1. The molecule has 1 aromatic carbocycles. The number of benzene rings is 1. The van der Waals surface area contributed by atoms with E-state index in [1.54, 1.807) is 0 Å². The third kappa shape index (κ3) is 3.22. The molecule has 0 radical (unpaired) electrons. The first-order valence-corrected chi connectivity index (χ1v) is 8.52. The van der Waals surface area contributed by atoms with Crippen molar-refractivity contribution in [2.75, 3.05) is 13.6 Å². The molecule has 2 unspecified atom stereocenters. The second-order valence-electron chi connectivity index (χ2n) is 5.27. The molecule has 1 saturated carbocycles. The van der Waals surface area contributed by atoms with Gasteiger partial charge in [-0.1, -0.05) is 24.1 Å². The summed E-state index contributed by atoms with van der Waals surface area (Å²) in [6, 6.07) is 6.21. The maximum absolute atomic E-state index is 12.6. The molecular formula is C14H17ClN2O3S. The summed E-state index contributed by atoms with van der Waals surface area (Å²) in [5, 5.41) is 19.1. The number of nitriles is 1. The highest BCUT2D eigenvalue weighted by atomic mass is 35.5. The van der Waals surface area contributed by atoms with Crippen LogP contribution < -0.4 is 0 Å². The largest absolute Gasteiger partial charge is 0.393 e. The Bertz CT molecular complexity index is 669. The normalized spacial score (nSPS) is 22.4. The van der Waals surface area contributed by atoms with Gasteiger partial charge in [0.1, 0.15) is 11.0 Å². The maximum atomic E-state index is 12.6. The minimum atomic E-state index is -3.80. The average molecular weight is 329 g/mol. The van der Waals surface area contributed by atoms with E-state index in [4.69, 9.17) is 16.9 Å². The zero-order valence-electron chi connectivity index (χ0n) is 11.7. The van der Waals surface area contributed by atoms with Crippen LogP contribution in [0.1, 0.15) is 24.8 Å². The molecule has 0 amide bonds. The summed E-state index contributed by atoms with van der Waals surface area (Å²) in [5.41, 5.74) is -0.0435. The van der Waals surface area contributed by atoms with Gasteiger partial charge in [0.25, 0.3) is 0 Å². The van der Waals surface area contributed by atoms with Crippen molar-refractivity contribution < 1.29 is 13.5 Å². The van der Waals surface area contributed by atoms with Crippen LogP contribution in [0.5, 0.6) is 0 Å². The summed E-state index contributed by atoms with van der Waals surface area (Å²) in [7, 11) is -2.34. The van der Waals surface area contributed by atoms with E-state index in [9.17, 15) is 13.5 Å². The van der Waals surface area contributed by atoms with Crippen LogP contribution in [0.4, 0.5) is 0 Å². The molecule has 7 heteroatoms. The van der Waals surface area contributed by atoms with E-state index in [0.717, 1.165) is 12.8 Å². The first kappa shape index (κ1) is 16.2. The highest BCUT2D eigenvalue weighted by Crippen LogP contribution is 2.29. The number of aliphatic hydroxyl groups is 1. The van der Waals surface area contributed by atoms with E-state index in [-0.39, 0.29) is 27.9 Å². The van der Waals surface area contributed by atoms with Crippen LogP contribution in [0.15, 0.2) is 23.1 Å². The Morgan fingerprint density at radius 2 is 2.19 bits per heavy atom. The summed E-state index contributed by atoms with van der Waals surface area (Å²) < 4.78 is 26.4. The van der Waals surface area contributed by atoms with Gasteiger partial charge in [-0.15, -0.1) is 0 Å². The van der Waals surface area contributed by atoms with Gasteiger partial charge < -0.3 is 5.11 Å². The predicted octanol–water partition coefficient (Wildman–Crippen LogP) is 1.99. The quantitative estimate of drug-likeness (QED) is 0.916. The lowest BCUT2D eigenvalue weighted by molar-refractivity contribution is 0.123. The molecule has 0 bridgehead atoms. The highest BCUT2D eigenvalue weighted by Gasteiger charge is 2.31. The fourth-order valence-electron chi connectivity index (χ4n) is 2.65. The Morgan fingerprint density at radius 1 is 1.48 bits per heavy atom. The fourth-order valence-corrected chi connectivity index (χ4v) is 4.31. The van der Waals surface area contributed by atoms with Gasteiger partial charge >= 0.3 is 0 Å². The Labute approximate surface area is 129 Å². The zero-order chi connectivity index (χ0) is 15.6. The molecule has 0 heterocycles. The molecule has 1 fully saturated rings. The van der Waals surface area contributed by atoms with Gasteiger partial charge in [-0.3, -0.25) is 0 Å². The third-order valence-corrected chi connectivity index (χ3v) is 6.07. The molecule has 5 nitrogen and oxygen atoms in total. The van der Waals surface area contributed by atoms with E-state index in [1.165, 1.54) is 29.6 Å². The first-order chi connectivity index (χ1) is 9.87. The van der Waals surface area contributed by atoms with Crippen LogP contribution in [0, 0.1) is 17.2 Å². The number of hydrogen-bond acceptors (Lipinski definition) is 4. The van der Waals surface area contributed by atoms with Gasteiger partial charge in [-0.05, 0) is 30.9 Å². The van der Waals surface area contributed by atoms with Gasteiger partial charge in [0.15, 0.2) is 0 Å². The van der Waals surface area contributed by atoms with Crippen molar-refractivity contribution in [1.82, 2.24) is 4.31 Å². The van der Waals surface area contributed by atoms with Crippen LogP contribution in [-0.2, 0) is 10.0 Å². The third-order valence-electron chi connectivity index (χ3n) is 3.89. The molecule has 114 valence electrons. The van der Waals surface area contributed by atoms with Crippen molar-refractivity contribution in [3.05, 3.63) is 28.8 Å². The van der Waals surface area contributed by atoms with Crippen molar-refractivity contribution in [3.63, 3.8) is 0 Å². The molecule has 1 aromatic rings. The van der Waals surface area contributed by atoms with Gasteiger partial charge in [-0.25, -0.2) is 12.7 Å². The second-order valence-corrected chi connectivity index (χ2v) is 7.69. The van der Waals surface area contributed by atoms with Crippen molar-refractivity contribution in [1.29, 1.82) is 5.26 Å². The standard InChI is InChI=1S/C14H17ClN2O3S/c1-17(9-10-4-2-6-13(10)18)21(19,20)14-7-3-5-12(15)11(14)8-16/h3,5,7,10,13,18H,2,4,6,9H2,1H3. The van der Waals surface area contributed by atoms with E-state index < -0.39 is 16.1 Å². The van der Waals surface area contributed by atoms with Crippen LogP contribution in [0.3, 0.4) is 0 Å². The molecule has 2 rings (SSSR count). The Morgan fingerprint density at radius 3 is 2.76 bits per heavy atom. The zero-order valence-corrected chi connectivity index (χ0v) is 13.2. The van der Waals surface area contributed by atoms with E-state index in [0.29, 0.717) is 6.42 Å². The van der Waals surface area contributed by atoms with Gasteiger partial charge in [0.2, 0.25) is 10.0 Å². The molecule has 0 aliphatic heterocycles. The summed E-state index contributed by atoms with van der Waals surface area (Å²) in [4.78, 5) is -0.0903. The second kappa shape index (κ2) is 6.32. The monoisotopic (exact) mass is 328 g/mol. The SMILES string of the molecule is CN(CC1CCCC1O)S(=O)(=O)c1cccc(Cl)c1C#N. The number of nitrogens with zero attached hydrogens (tertiary/aromatic N) is 2. The topological polar surface area (TPSA) is 81.4 Å². The summed E-state index contributed by atoms with van der Waals surface area (Å²) in [6.07, 6.45) is 1.96. The molecule has 0 aromatic heterocycles. The maximum Gasteiger partial charge on any atom is 0.244 e. The van der Waals surface area contributed by atoms with E-state index >= 15 is 0 Å². The Kier molecular flexibility index (Phi) is 4.89. The van der Waals surface area contributed by atoms with Crippen LogP contribution in [0.25, 0.3) is 0 Å². The number of halogens is 1. The van der Waals surface area contributed by atoms with Crippen molar-refractivity contribution in [2.24, 2.45) is 5.92 Å². The van der Waals surface area contributed by atoms with Crippen LogP contribution >= 0.6 is 11.6 Å². The lowest BCUT2D eigenvalue weighted by Crippen LogP contribution is -2.34. The van der Waals surface area contributed by atoms with Crippen molar-refractivity contribution in [3.8, 4) is 6.07 Å². The van der Waals surface area contributed by atoms with Gasteiger partial charge in [-0.2, -0.15) is 5.26 Å². The van der Waals surface area contributed by atoms with Crippen molar-refractivity contribution >= 4 is 21.6 Å². The molecule has 2 atom stereocenters. The lowest BCUT2D eigenvalue weighted by atomic mass is 10.1. The Hall–Kier alpha value is -1.13. The van der Waals surface area contributed by atoms with Crippen molar-refractivity contribution in [2.45, 2.75) is 30.3 Å². The van der Waals surface area contributed by atoms with E-state index in [1.807, 2.05) is 6.07 Å². The molecule has 0 spiro atoms. The van der Waals surface area contributed by atoms with E-state index in [2.05, 4.69) is 0 Å². The first-order valence-electron chi connectivity index (χ1n) is 6.71. The minimum absolute atomic E-state index is 0.0435. The number of rotatable bonds is 4. The molecular weight excluding hydrogens is 312 g/mol. The fraction of sp³-hybridized carbons (Fsp3) is 0.500. The average Bonchev–Trinajstić information content (AvgIpc) is 2.84.